The normalized spacial score (nSPS) is 21.0. The van der Waals surface area contributed by atoms with Crippen LogP contribution in [0.3, 0.4) is 0 Å². The smallest absolute Gasteiger partial charge is 0.246 e. The van der Waals surface area contributed by atoms with Gasteiger partial charge in [0.2, 0.25) is 5.95 Å². The molecule has 0 radical (unpaired) electrons. The molecule has 122 valence electrons. The van der Waals surface area contributed by atoms with Crippen LogP contribution in [-0.2, 0) is 12.8 Å². The third-order valence-corrected chi connectivity index (χ3v) is 4.27. The SMILES string of the molecule is CCc1nnc(N2C[C@H](O)C[C@H]2c2cccc(F)c2)nc1CC. The number of aryl methyl sites for hydroxylation is 2. The number of halogens is 1. The molecule has 0 saturated carbocycles. The highest BCUT2D eigenvalue weighted by Crippen LogP contribution is 2.34. The molecule has 1 aromatic carbocycles. The Morgan fingerprint density at radius 1 is 1.22 bits per heavy atom. The molecular formula is C17H21FN4O. The van der Waals surface area contributed by atoms with Crippen molar-refractivity contribution in [1.82, 2.24) is 15.2 Å². The summed E-state index contributed by atoms with van der Waals surface area (Å²) in [7, 11) is 0. The first-order valence-corrected chi connectivity index (χ1v) is 8.05. The second-order valence-electron chi connectivity index (χ2n) is 5.82. The number of nitrogens with zero attached hydrogens (tertiary/aromatic N) is 4. The van der Waals surface area contributed by atoms with Crippen molar-refractivity contribution in [2.45, 2.75) is 45.3 Å². The Morgan fingerprint density at radius 2 is 2.00 bits per heavy atom. The predicted octanol–water partition coefficient (Wildman–Crippen LogP) is 2.45. The Morgan fingerprint density at radius 3 is 2.70 bits per heavy atom. The standard InChI is InChI=1S/C17H21FN4O/c1-3-14-15(4-2)20-21-17(19-14)22-10-13(23)9-16(22)11-6-5-7-12(18)8-11/h5-8,13,16,23H,3-4,9-10H2,1-2H3/t13-,16+/m1/s1. The fourth-order valence-corrected chi connectivity index (χ4v) is 3.11. The largest absolute Gasteiger partial charge is 0.391 e. The van der Waals surface area contributed by atoms with Crippen molar-refractivity contribution in [2.75, 3.05) is 11.4 Å². The molecule has 0 unspecified atom stereocenters. The van der Waals surface area contributed by atoms with E-state index in [9.17, 15) is 9.50 Å². The molecule has 1 fully saturated rings. The quantitative estimate of drug-likeness (QED) is 0.939. The van der Waals surface area contributed by atoms with E-state index in [1.165, 1.54) is 12.1 Å². The van der Waals surface area contributed by atoms with Crippen LogP contribution >= 0.6 is 0 Å². The Kier molecular flexibility index (Phi) is 4.52. The third-order valence-electron chi connectivity index (χ3n) is 4.27. The van der Waals surface area contributed by atoms with Crippen molar-refractivity contribution in [1.29, 1.82) is 0 Å². The predicted molar refractivity (Wildman–Crippen MR) is 85.7 cm³/mol. The van der Waals surface area contributed by atoms with Gasteiger partial charge in [-0.3, -0.25) is 0 Å². The Hall–Kier alpha value is -2.08. The number of β-amino-alcohol motifs (C(OH)–C–C–N with tert-alkyl or cyclic N) is 1. The van der Waals surface area contributed by atoms with Gasteiger partial charge < -0.3 is 10.0 Å². The van der Waals surface area contributed by atoms with Crippen molar-refractivity contribution in [3.63, 3.8) is 0 Å². The Labute approximate surface area is 135 Å². The minimum atomic E-state index is -0.484. The van der Waals surface area contributed by atoms with Crippen LogP contribution in [0.25, 0.3) is 0 Å². The van der Waals surface area contributed by atoms with Crippen LogP contribution in [0.1, 0.15) is 43.3 Å². The van der Waals surface area contributed by atoms with Crippen molar-refractivity contribution in [3.8, 4) is 0 Å². The van der Waals surface area contributed by atoms with E-state index in [4.69, 9.17) is 0 Å². The van der Waals surface area contributed by atoms with Crippen LogP contribution in [0.15, 0.2) is 24.3 Å². The third kappa shape index (κ3) is 3.17. The molecule has 5 nitrogen and oxygen atoms in total. The maximum atomic E-state index is 13.5. The summed E-state index contributed by atoms with van der Waals surface area (Å²) in [5.41, 5.74) is 2.65. The van der Waals surface area contributed by atoms with Crippen molar-refractivity contribution < 1.29 is 9.50 Å². The molecule has 0 amide bonds. The molecule has 2 atom stereocenters. The number of aliphatic hydroxyl groups excluding tert-OH is 1. The highest BCUT2D eigenvalue weighted by Gasteiger charge is 2.34. The molecule has 6 heteroatoms. The van der Waals surface area contributed by atoms with Gasteiger partial charge in [0.15, 0.2) is 0 Å². The van der Waals surface area contributed by atoms with Crippen molar-refractivity contribution >= 4 is 5.95 Å². The average molecular weight is 316 g/mol. The van der Waals surface area contributed by atoms with Gasteiger partial charge in [-0.1, -0.05) is 26.0 Å². The van der Waals surface area contributed by atoms with E-state index in [-0.39, 0.29) is 11.9 Å². The summed E-state index contributed by atoms with van der Waals surface area (Å²) < 4.78 is 13.5. The van der Waals surface area contributed by atoms with Gasteiger partial charge in [0.25, 0.3) is 0 Å². The number of rotatable bonds is 4. The van der Waals surface area contributed by atoms with E-state index in [0.29, 0.717) is 18.9 Å². The molecule has 23 heavy (non-hydrogen) atoms. The molecule has 1 N–H and O–H groups in total. The van der Waals surface area contributed by atoms with Crippen LogP contribution in [-0.4, -0.2) is 32.9 Å². The minimum Gasteiger partial charge on any atom is -0.391 e. The maximum absolute atomic E-state index is 13.5. The zero-order chi connectivity index (χ0) is 16.4. The van der Waals surface area contributed by atoms with Gasteiger partial charge in [-0.15, -0.1) is 5.10 Å². The lowest BCUT2D eigenvalue weighted by atomic mass is 10.0. The molecule has 1 aliphatic heterocycles. The molecule has 2 heterocycles. The molecule has 0 bridgehead atoms. The van der Waals surface area contributed by atoms with Gasteiger partial charge >= 0.3 is 0 Å². The van der Waals surface area contributed by atoms with E-state index in [2.05, 4.69) is 15.2 Å². The van der Waals surface area contributed by atoms with Crippen LogP contribution in [0.4, 0.5) is 10.3 Å². The van der Waals surface area contributed by atoms with Crippen molar-refractivity contribution in [2.24, 2.45) is 0 Å². The number of anilines is 1. The first-order chi connectivity index (χ1) is 11.1. The van der Waals surface area contributed by atoms with Crippen molar-refractivity contribution in [3.05, 3.63) is 47.0 Å². The molecule has 1 saturated heterocycles. The molecule has 3 rings (SSSR count). The number of hydrogen-bond donors (Lipinski definition) is 1. The number of benzene rings is 1. The Balaban J connectivity index is 1.96. The number of hydrogen-bond acceptors (Lipinski definition) is 5. The fraction of sp³-hybridized carbons (Fsp3) is 0.471. The van der Waals surface area contributed by atoms with E-state index >= 15 is 0 Å². The molecular weight excluding hydrogens is 295 g/mol. The topological polar surface area (TPSA) is 62.1 Å². The van der Waals surface area contributed by atoms with E-state index < -0.39 is 6.10 Å². The first-order valence-electron chi connectivity index (χ1n) is 8.05. The summed E-state index contributed by atoms with van der Waals surface area (Å²) in [5.74, 6) is 0.225. The summed E-state index contributed by atoms with van der Waals surface area (Å²) in [6, 6.07) is 6.34. The zero-order valence-electron chi connectivity index (χ0n) is 13.4. The van der Waals surface area contributed by atoms with Gasteiger partial charge in [0.1, 0.15) is 5.82 Å². The lowest BCUT2D eigenvalue weighted by Gasteiger charge is -2.24. The number of aromatic nitrogens is 3. The van der Waals surface area contributed by atoms with Crippen LogP contribution in [0.5, 0.6) is 0 Å². The Bertz CT molecular complexity index is 694. The highest BCUT2D eigenvalue weighted by atomic mass is 19.1. The van der Waals surface area contributed by atoms with Gasteiger partial charge in [-0.2, -0.15) is 5.10 Å². The lowest BCUT2D eigenvalue weighted by molar-refractivity contribution is 0.194. The van der Waals surface area contributed by atoms with Gasteiger partial charge in [0.05, 0.1) is 23.5 Å². The highest BCUT2D eigenvalue weighted by molar-refractivity contribution is 5.39. The average Bonchev–Trinajstić information content (AvgIpc) is 2.96. The monoisotopic (exact) mass is 316 g/mol. The lowest BCUT2D eigenvalue weighted by Crippen LogP contribution is -2.27. The van der Waals surface area contributed by atoms with Crippen LogP contribution in [0, 0.1) is 5.82 Å². The molecule has 1 aliphatic rings. The fourth-order valence-electron chi connectivity index (χ4n) is 3.11. The summed E-state index contributed by atoms with van der Waals surface area (Å²) in [6.45, 7) is 4.49. The summed E-state index contributed by atoms with van der Waals surface area (Å²) >= 11 is 0. The summed E-state index contributed by atoms with van der Waals surface area (Å²) in [6.07, 6.45) is 1.62. The minimum absolute atomic E-state index is 0.139. The van der Waals surface area contributed by atoms with E-state index in [1.54, 1.807) is 6.07 Å². The van der Waals surface area contributed by atoms with E-state index in [1.807, 2.05) is 24.8 Å². The zero-order valence-corrected chi connectivity index (χ0v) is 13.4. The molecule has 0 aliphatic carbocycles. The maximum Gasteiger partial charge on any atom is 0.246 e. The summed E-state index contributed by atoms with van der Waals surface area (Å²) in [5, 5.41) is 18.6. The van der Waals surface area contributed by atoms with Gasteiger partial charge in [-0.25, -0.2) is 9.37 Å². The van der Waals surface area contributed by atoms with Gasteiger partial charge in [0, 0.05) is 6.54 Å². The van der Waals surface area contributed by atoms with E-state index in [0.717, 1.165) is 29.8 Å². The second kappa shape index (κ2) is 6.58. The molecule has 1 aromatic heterocycles. The number of aliphatic hydroxyl groups is 1. The second-order valence-corrected chi connectivity index (χ2v) is 5.82. The van der Waals surface area contributed by atoms with Gasteiger partial charge in [-0.05, 0) is 37.0 Å². The molecule has 2 aromatic rings. The van der Waals surface area contributed by atoms with Crippen LogP contribution in [0.2, 0.25) is 0 Å². The van der Waals surface area contributed by atoms with Crippen LogP contribution < -0.4 is 4.90 Å². The first kappa shape index (κ1) is 15.8. The summed E-state index contributed by atoms with van der Waals surface area (Å²) in [4.78, 5) is 6.55. The molecule has 0 spiro atoms.